The zero-order valence-corrected chi connectivity index (χ0v) is 6.69. The molecule has 1 heterocycles. The maximum atomic E-state index is 11.1. The van der Waals surface area contributed by atoms with E-state index >= 15 is 0 Å². The first-order valence-corrected chi connectivity index (χ1v) is 3.52. The quantitative estimate of drug-likeness (QED) is 0.655. The van der Waals surface area contributed by atoms with Crippen molar-refractivity contribution in [1.29, 1.82) is 5.26 Å². The van der Waals surface area contributed by atoms with Crippen molar-refractivity contribution in [2.75, 3.05) is 5.73 Å². The van der Waals surface area contributed by atoms with Gasteiger partial charge in [0.2, 0.25) is 0 Å². The monoisotopic (exact) mass is 163 g/mol. The summed E-state index contributed by atoms with van der Waals surface area (Å²) in [6.45, 7) is 1.64. The molecule has 2 N–H and O–H groups in total. The fraction of sp³-hybridized carbons (Fsp3) is 0.250. The minimum atomic E-state index is -0.471. The number of nitrogen functional groups attached to an aromatic ring is 1. The van der Waals surface area contributed by atoms with Crippen LogP contribution >= 0.6 is 0 Å². The molecule has 0 saturated heterocycles. The van der Waals surface area contributed by atoms with E-state index in [-0.39, 0.29) is 5.56 Å². The Kier molecular flexibility index (Phi) is 2.15. The van der Waals surface area contributed by atoms with Gasteiger partial charge in [-0.15, -0.1) is 0 Å². The Balaban J connectivity index is 3.25. The average Bonchev–Trinajstić information content (AvgIpc) is 2.08. The van der Waals surface area contributed by atoms with Crippen LogP contribution in [0.25, 0.3) is 0 Å². The smallest absolute Gasteiger partial charge is 0.251 e. The molecule has 1 aromatic rings. The van der Waals surface area contributed by atoms with Gasteiger partial charge < -0.3 is 5.73 Å². The Labute approximate surface area is 69.8 Å². The number of pyridine rings is 1. The van der Waals surface area contributed by atoms with E-state index in [0.717, 1.165) is 0 Å². The molecule has 62 valence electrons. The minimum Gasteiger partial charge on any atom is -0.398 e. The van der Waals surface area contributed by atoms with Gasteiger partial charge in [-0.25, -0.2) is 0 Å². The number of hydrogen-bond donors (Lipinski definition) is 1. The summed E-state index contributed by atoms with van der Waals surface area (Å²) in [5, 5.41) is 8.55. The Morgan fingerprint density at radius 3 is 2.92 bits per heavy atom. The first kappa shape index (κ1) is 8.34. The molecule has 1 atom stereocenters. The van der Waals surface area contributed by atoms with E-state index in [0.29, 0.717) is 5.69 Å². The van der Waals surface area contributed by atoms with Crippen LogP contribution in [0.5, 0.6) is 0 Å². The van der Waals surface area contributed by atoms with Crippen LogP contribution < -0.4 is 11.3 Å². The molecule has 0 radical (unpaired) electrons. The lowest BCUT2D eigenvalue weighted by atomic mass is 10.3. The van der Waals surface area contributed by atoms with Crippen LogP contribution in [-0.2, 0) is 0 Å². The summed E-state index contributed by atoms with van der Waals surface area (Å²) >= 11 is 0. The number of nitrogens with two attached hydrogens (primary N) is 1. The molecular formula is C8H9N3O. The van der Waals surface area contributed by atoms with Crippen molar-refractivity contribution in [1.82, 2.24) is 4.57 Å². The predicted molar refractivity (Wildman–Crippen MR) is 45.4 cm³/mol. The van der Waals surface area contributed by atoms with E-state index in [9.17, 15) is 4.79 Å². The van der Waals surface area contributed by atoms with Crippen molar-refractivity contribution in [2.24, 2.45) is 0 Å². The van der Waals surface area contributed by atoms with Crippen molar-refractivity contribution >= 4 is 5.69 Å². The van der Waals surface area contributed by atoms with E-state index in [2.05, 4.69) is 0 Å². The van der Waals surface area contributed by atoms with Crippen molar-refractivity contribution in [3.63, 3.8) is 0 Å². The third-order valence-corrected chi connectivity index (χ3v) is 1.57. The fourth-order valence-electron chi connectivity index (χ4n) is 0.886. The number of anilines is 1. The molecule has 4 heteroatoms. The van der Waals surface area contributed by atoms with Crippen LogP contribution in [0.4, 0.5) is 5.69 Å². The highest BCUT2D eigenvalue weighted by Crippen LogP contribution is 2.03. The molecule has 0 bridgehead atoms. The summed E-state index contributed by atoms with van der Waals surface area (Å²) in [6.07, 6.45) is 1.47. The molecule has 0 aliphatic rings. The van der Waals surface area contributed by atoms with Gasteiger partial charge in [0.15, 0.2) is 0 Å². The maximum Gasteiger partial charge on any atom is 0.251 e. The number of nitriles is 1. The zero-order chi connectivity index (χ0) is 9.14. The Hall–Kier alpha value is -1.76. The van der Waals surface area contributed by atoms with E-state index < -0.39 is 6.04 Å². The van der Waals surface area contributed by atoms with Gasteiger partial charge in [0, 0.05) is 18.0 Å². The van der Waals surface area contributed by atoms with Gasteiger partial charge in [0.1, 0.15) is 6.04 Å². The molecule has 0 fully saturated rings. The van der Waals surface area contributed by atoms with Gasteiger partial charge in [0.05, 0.1) is 6.07 Å². The summed E-state index contributed by atoms with van der Waals surface area (Å²) in [4.78, 5) is 11.1. The van der Waals surface area contributed by atoms with Gasteiger partial charge >= 0.3 is 0 Å². The van der Waals surface area contributed by atoms with Crippen molar-refractivity contribution < 1.29 is 0 Å². The summed E-state index contributed by atoms with van der Waals surface area (Å²) in [6, 6.07) is 4.35. The third-order valence-electron chi connectivity index (χ3n) is 1.57. The molecule has 0 saturated carbocycles. The van der Waals surface area contributed by atoms with Crippen LogP contribution in [0.1, 0.15) is 13.0 Å². The molecule has 4 nitrogen and oxygen atoms in total. The summed E-state index contributed by atoms with van der Waals surface area (Å²) in [5.74, 6) is 0. The van der Waals surface area contributed by atoms with Gasteiger partial charge in [-0.1, -0.05) is 0 Å². The largest absolute Gasteiger partial charge is 0.398 e. The fourth-order valence-corrected chi connectivity index (χ4v) is 0.886. The second-order valence-electron chi connectivity index (χ2n) is 2.51. The predicted octanol–water partition coefficient (Wildman–Crippen LogP) is 0.515. The molecule has 1 rings (SSSR count). The highest BCUT2D eigenvalue weighted by molar-refractivity contribution is 5.33. The highest BCUT2D eigenvalue weighted by Gasteiger charge is 2.03. The number of hydrogen-bond acceptors (Lipinski definition) is 3. The molecular weight excluding hydrogens is 154 g/mol. The van der Waals surface area contributed by atoms with Crippen LogP contribution in [0, 0.1) is 11.3 Å². The van der Waals surface area contributed by atoms with Crippen molar-refractivity contribution in [2.45, 2.75) is 13.0 Å². The second-order valence-corrected chi connectivity index (χ2v) is 2.51. The third kappa shape index (κ3) is 1.45. The van der Waals surface area contributed by atoms with Crippen molar-refractivity contribution in [3.8, 4) is 6.07 Å². The Morgan fingerprint density at radius 1 is 1.67 bits per heavy atom. The van der Waals surface area contributed by atoms with Gasteiger partial charge in [-0.05, 0) is 13.0 Å². The average molecular weight is 163 g/mol. The second kappa shape index (κ2) is 3.09. The van der Waals surface area contributed by atoms with E-state index in [1.54, 1.807) is 6.92 Å². The molecule has 0 spiro atoms. The summed E-state index contributed by atoms with van der Waals surface area (Å²) in [7, 11) is 0. The number of nitrogens with zero attached hydrogens (tertiary/aromatic N) is 2. The lowest BCUT2D eigenvalue weighted by Gasteiger charge is -2.06. The lowest BCUT2D eigenvalue weighted by Crippen LogP contribution is -2.21. The first-order valence-electron chi connectivity index (χ1n) is 3.52. The van der Waals surface area contributed by atoms with Crippen LogP contribution in [0.3, 0.4) is 0 Å². The highest BCUT2D eigenvalue weighted by atomic mass is 16.1. The zero-order valence-electron chi connectivity index (χ0n) is 6.69. The number of aromatic nitrogens is 1. The topological polar surface area (TPSA) is 71.8 Å². The van der Waals surface area contributed by atoms with Gasteiger partial charge in [0.25, 0.3) is 5.56 Å². The van der Waals surface area contributed by atoms with Crippen LogP contribution in [0.2, 0.25) is 0 Å². The van der Waals surface area contributed by atoms with Gasteiger partial charge in [-0.2, -0.15) is 5.26 Å². The molecule has 0 amide bonds. The summed E-state index contributed by atoms with van der Waals surface area (Å²) < 4.78 is 1.30. The Bertz CT molecular complexity index is 375. The van der Waals surface area contributed by atoms with Crippen molar-refractivity contribution in [3.05, 3.63) is 28.7 Å². The van der Waals surface area contributed by atoms with Crippen LogP contribution in [-0.4, -0.2) is 4.57 Å². The SMILES string of the molecule is CC(C#N)n1cc(N)ccc1=O. The van der Waals surface area contributed by atoms with E-state index in [1.807, 2.05) is 6.07 Å². The molecule has 1 unspecified atom stereocenters. The maximum absolute atomic E-state index is 11.1. The molecule has 0 aromatic carbocycles. The van der Waals surface area contributed by atoms with Crippen LogP contribution in [0.15, 0.2) is 23.1 Å². The Morgan fingerprint density at radius 2 is 2.33 bits per heavy atom. The van der Waals surface area contributed by atoms with E-state index in [4.69, 9.17) is 11.0 Å². The minimum absolute atomic E-state index is 0.210. The lowest BCUT2D eigenvalue weighted by molar-refractivity contribution is 0.647. The first-order chi connectivity index (χ1) is 5.65. The van der Waals surface area contributed by atoms with Gasteiger partial charge in [-0.3, -0.25) is 9.36 Å². The standard InChI is InChI=1S/C8H9N3O/c1-6(4-9)11-5-7(10)2-3-8(11)12/h2-3,5-6H,10H2,1H3. The summed E-state index contributed by atoms with van der Waals surface area (Å²) in [5.41, 5.74) is 5.72. The van der Waals surface area contributed by atoms with E-state index in [1.165, 1.54) is 22.9 Å². The molecule has 12 heavy (non-hydrogen) atoms. The molecule has 1 aromatic heterocycles. The normalized spacial score (nSPS) is 12.0. The molecule has 0 aliphatic carbocycles. The molecule has 0 aliphatic heterocycles. The number of rotatable bonds is 1.